The van der Waals surface area contributed by atoms with Crippen molar-refractivity contribution in [1.29, 1.82) is 0 Å². The summed E-state index contributed by atoms with van der Waals surface area (Å²) in [7, 11) is 2.19. The first-order valence-corrected chi connectivity index (χ1v) is 13.4. The minimum atomic E-state index is -3.01. The Labute approximate surface area is 227 Å². The average molecular weight is 561 g/mol. The number of benzene rings is 1. The highest BCUT2D eigenvalue weighted by atomic mass is 19.3. The van der Waals surface area contributed by atoms with E-state index in [1.54, 1.807) is 0 Å². The molecule has 0 spiro atoms. The van der Waals surface area contributed by atoms with Gasteiger partial charge in [-0.2, -0.15) is 0 Å². The number of rotatable bonds is 6. The number of pyridine rings is 1. The number of carbonyl (C=O) groups excluding carboxylic acids is 1. The van der Waals surface area contributed by atoms with Crippen LogP contribution in [0.3, 0.4) is 0 Å². The summed E-state index contributed by atoms with van der Waals surface area (Å²) in [5.41, 5.74) is 1.80. The molecule has 0 unspecified atom stereocenters. The summed E-state index contributed by atoms with van der Waals surface area (Å²) >= 11 is 0. The van der Waals surface area contributed by atoms with Crippen LogP contribution in [-0.4, -0.2) is 41.9 Å². The lowest BCUT2D eigenvalue weighted by molar-refractivity contribution is 0.0648. The lowest BCUT2D eigenvalue weighted by Gasteiger charge is -2.20. The molecule has 11 heteroatoms. The third kappa shape index (κ3) is 9.05. The SMILES string of the molecule is CC.CC.CN1CCCCC1.Nc1cc(=O)n(C2(C(F)F)CC2)cc1C(=O)NCc1cccc(C(F)F)c1F. The number of piperidine rings is 1. The summed E-state index contributed by atoms with van der Waals surface area (Å²) < 4.78 is 66.9. The number of hydrogen-bond donors (Lipinski definition) is 2. The molecule has 2 aromatic rings. The van der Waals surface area contributed by atoms with E-state index in [-0.39, 0.29) is 29.7 Å². The first-order chi connectivity index (χ1) is 18.6. The van der Waals surface area contributed by atoms with Crippen LogP contribution in [0.5, 0.6) is 0 Å². The molecular formula is C28H41F5N4O2. The van der Waals surface area contributed by atoms with E-state index in [4.69, 9.17) is 5.73 Å². The van der Waals surface area contributed by atoms with Crippen molar-refractivity contribution >= 4 is 11.6 Å². The highest BCUT2D eigenvalue weighted by Crippen LogP contribution is 2.47. The first-order valence-electron chi connectivity index (χ1n) is 13.4. The minimum absolute atomic E-state index is 0.0845. The molecule has 2 fully saturated rings. The molecule has 4 rings (SSSR count). The van der Waals surface area contributed by atoms with Crippen LogP contribution in [0.4, 0.5) is 27.6 Å². The predicted octanol–water partition coefficient (Wildman–Crippen LogP) is 6.35. The Bertz CT molecular complexity index is 1100. The van der Waals surface area contributed by atoms with Crippen molar-refractivity contribution in [3.05, 3.63) is 63.3 Å². The molecule has 3 N–H and O–H groups in total. The van der Waals surface area contributed by atoms with Crippen LogP contribution < -0.4 is 16.6 Å². The van der Waals surface area contributed by atoms with Crippen LogP contribution in [0.2, 0.25) is 0 Å². The number of nitrogens with zero attached hydrogens (tertiary/aromatic N) is 2. The Morgan fingerprint density at radius 2 is 1.64 bits per heavy atom. The molecule has 1 amide bonds. The lowest BCUT2D eigenvalue weighted by atomic mass is 10.1. The molecule has 0 atom stereocenters. The number of likely N-dealkylation sites (tertiary alicyclic amines) is 1. The van der Waals surface area contributed by atoms with Crippen molar-refractivity contribution in [2.45, 2.75) is 84.7 Å². The second kappa shape index (κ2) is 16.2. The van der Waals surface area contributed by atoms with Gasteiger partial charge in [0.05, 0.1) is 16.8 Å². The quantitative estimate of drug-likeness (QED) is 0.404. The molecular weight excluding hydrogens is 519 g/mol. The second-order valence-electron chi connectivity index (χ2n) is 8.92. The van der Waals surface area contributed by atoms with Crippen molar-refractivity contribution in [3.63, 3.8) is 0 Å². The number of anilines is 1. The molecule has 0 radical (unpaired) electrons. The number of hydrogen-bond acceptors (Lipinski definition) is 4. The molecule has 1 saturated heterocycles. The van der Waals surface area contributed by atoms with E-state index in [1.165, 1.54) is 44.5 Å². The van der Waals surface area contributed by atoms with E-state index in [9.17, 15) is 31.5 Å². The van der Waals surface area contributed by atoms with E-state index >= 15 is 0 Å². The van der Waals surface area contributed by atoms with Gasteiger partial charge in [0, 0.05) is 24.4 Å². The van der Waals surface area contributed by atoms with Gasteiger partial charge in [0.25, 0.3) is 24.3 Å². The monoisotopic (exact) mass is 560 g/mol. The molecule has 1 aromatic heterocycles. The summed E-state index contributed by atoms with van der Waals surface area (Å²) in [5.74, 6) is -2.00. The molecule has 2 heterocycles. The maximum Gasteiger partial charge on any atom is 0.266 e. The second-order valence-corrected chi connectivity index (χ2v) is 8.92. The molecule has 1 aliphatic heterocycles. The summed E-state index contributed by atoms with van der Waals surface area (Å²) in [5, 5.41) is 2.30. The van der Waals surface area contributed by atoms with Crippen molar-refractivity contribution in [2.75, 3.05) is 25.9 Å². The van der Waals surface area contributed by atoms with E-state index in [0.29, 0.717) is 0 Å². The first kappa shape index (κ1) is 34.1. The van der Waals surface area contributed by atoms with Crippen LogP contribution >= 0.6 is 0 Å². The van der Waals surface area contributed by atoms with E-state index in [1.807, 2.05) is 27.7 Å². The molecule has 6 nitrogen and oxygen atoms in total. The third-order valence-electron chi connectivity index (χ3n) is 6.34. The van der Waals surface area contributed by atoms with Gasteiger partial charge < -0.3 is 20.5 Å². The number of nitrogen functional groups attached to an aromatic ring is 1. The molecule has 2 aliphatic rings. The zero-order chi connectivity index (χ0) is 29.8. The van der Waals surface area contributed by atoms with Gasteiger partial charge in [-0.3, -0.25) is 9.59 Å². The van der Waals surface area contributed by atoms with E-state index in [0.717, 1.165) is 22.9 Å². The third-order valence-corrected chi connectivity index (χ3v) is 6.34. The Hall–Kier alpha value is -2.95. The normalized spacial score (nSPS) is 15.7. The molecule has 1 aromatic carbocycles. The van der Waals surface area contributed by atoms with Crippen molar-refractivity contribution in [2.24, 2.45) is 0 Å². The number of carbonyl (C=O) groups is 1. The van der Waals surface area contributed by atoms with Gasteiger partial charge in [0.2, 0.25) is 0 Å². The number of nitrogens with two attached hydrogens (primary N) is 1. The van der Waals surface area contributed by atoms with Crippen molar-refractivity contribution in [3.8, 4) is 0 Å². The smallest absolute Gasteiger partial charge is 0.266 e. The molecule has 1 aliphatic carbocycles. The fourth-order valence-electron chi connectivity index (χ4n) is 4.01. The highest BCUT2D eigenvalue weighted by molar-refractivity contribution is 5.98. The summed E-state index contributed by atoms with van der Waals surface area (Å²) in [6, 6.07) is 4.25. The minimum Gasteiger partial charge on any atom is -0.398 e. The fourth-order valence-corrected chi connectivity index (χ4v) is 4.01. The van der Waals surface area contributed by atoms with Gasteiger partial charge >= 0.3 is 0 Å². The average Bonchev–Trinajstić information content (AvgIpc) is 3.73. The maximum absolute atomic E-state index is 14.0. The molecule has 1 saturated carbocycles. The van der Waals surface area contributed by atoms with Crippen LogP contribution in [0.15, 0.2) is 35.3 Å². The lowest BCUT2D eigenvalue weighted by Crippen LogP contribution is -2.37. The van der Waals surface area contributed by atoms with E-state index < -0.39 is 47.8 Å². The van der Waals surface area contributed by atoms with E-state index in [2.05, 4.69) is 17.3 Å². The Morgan fingerprint density at radius 1 is 1.05 bits per heavy atom. The van der Waals surface area contributed by atoms with Crippen LogP contribution in [0.1, 0.15) is 87.7 Å². The number of amides is 1. The number of alkyl halides is 4. The number of aromatic nitrogens is 1. The summed E-state index contributed by atoms with van der Waals surface area (Å²) in [4.78, 5) is 26.8. The maximum atomic E-state index is 14.0. The van der Waals surface area contributed by atoms with Gasteiger partial charge in [-0.1, -0.05) is 52.3 Å². The van der Waals surface area contributed by atoms with Gasteiger partial charge in [0.15, 0.2) is 0 Å². The van der Waals surface area contributed by atoms with Crippen molar-refractivity contribution < 1.29 is 26.7 Å². The fraction of sp³-hybridized carbons (Fsp3) is 0.571. The molecule has 0 bridgehead atoms. The van der Waals surface area contributed by atoms with Crippen LogP contribution in [0, 0.1) is 5.82 Å². The summed E-state index contributed by atoms with van der Waals surface area (Å²) in [6.45, 7) is 10.2. The van der Waals surface area contributed by atoms with Gasteiger partial charge in [-0.05, 0) is 45.8 Å². The zero-order valence-electron chi connectivity index (χ0n) is 23.4. The van der Waals surface area contributed by atoms with Gasteiger partial charge in [0.1, 0.15) is 11.4 Å². The van der Waals surface area contributed by atoms with Gasteiger partial charge in [-0.15, -0.1) is 0 Å². The highest BCUT2D eigenvalue weighted by Gasteiger charge is 2.53. The zero-order valence-corrected chi connectivity index (χ0v) is 23.4. The Kier molecular flexibility index (Phi) is 14.2. The Balaban J connectivity index is 0.000000585. The largest absolute Gasteiger partial charge is 0.398 e. The number of halogens is 5. The van der Waals surface area contributed by atoms with Crippen LogP contribution in [0.25, 0.3) is 0 Å². The molecule has 220 valence electrons. The molecule has 39 heavy (non-hydrogen) atoms. The van der Waals surface area contributed by atoms with Gasteiger partial charge in [-0.25, -0.2) is 22.0 Å². The van der Waals surface area contributed by atoms with Crippen LogP contribution in [-0.2, 0) is 12.1 Å². The Morgan fingerprint density at radius 3 is 2.10 bits per heavy atom. The number of nitrogens with one attached hydrogen (secondary N) is 1. The standard InChI is InChI=1S/C18H16F5N3O2.C6H13N.2C2H6/c19-14-9(2-1-3-10(14)15(20)21)7-25-16(28)11-8-26(13(27)6-12(11)24)18(4-5-18)17(22)23;1-7-5-3-2-4-6-7;2*1-2/h1-3,6,8,15,17H,4-5,7,24H2,(H,25,28);2-6H2,1H3;2*1-2H3. The topological polar surface area (TPSA) is 80.4 Å². The predicted molar refractivity (Wildman–Crippen MR) is 145 cm³/mol. The van der Waals surface area contributed by atoms with Crippen molar-refractivity contribution in [1.82, 2.24) is 14.8 Å². The summed E-state index contributed by atoms with van der Waals surface area (Å²) in [6.07, 6.45) is -0.410.